The monoisotopic (exact) mass is 370 g/mol. The average Bonchev–Trinajstić information content (AvgIpc) is 2.43. The summed E-state index contributed by atoms with van der Waals surface area (Å²) in [4.78, 5) is 11.0. The van der Waals surface area contributed by atoms with Gasteiger partial charge in [-0.05, 0) is 51.8 Å². The van der Waals surface area contributed by atoms with Crippen LogP contribution in [-0.2, 0) is 11.3 Å². The molecule has 6 heteroatoms. The quantitative estimate of drug-likeness (QED) is 0.809. The lowest BCUT2D eigenvalue weighted by molar-refractivity contribution is -0.114. The summed E-state index contributed by atoms with van der Waals surface area (Å²) in [5.74, 6) is -0.780. The number of anilines is 2. The predicted molar refractivity (Wildman–Crippen MR) is 87.2 cm³/mol. The highest BCUT2D eigenvalue weighted by molar-refractivity contribution is 9.10. The number of hydrogen-bond donors (Lipinski definition) is 2. The van der Waals surface area contributed by atoms with Gasteiger partial charge in [-0.1, -0.05) is 17.7 Å². The van der Waals surface area contributed by atoms with E-state index in [1.54, 1.807) is 18.2 Å². The molecule has 0 saturated heterocycles. The van der Waals surface area contributed by atoms with Gasteiger partial charge in [-0.3, -0.25) is 4.79 Å². The number of carbonyl (C=O) groups excluding carboxylic acids is 1. The van der Waals surface area contributed by atoms with Gasteiger partial charge >= 0.3 is 0 Å². The number of amides is 1. The number of halogens is 3. The van der Waals surface area contributed by atoms with Crippen LogP contribution in [0.5, 0.6) is 0 Å². The number of carbonyl (C=O) groups is 1. The molecule has 0 heterocycles. The summed E-state index contributed by atoms with van der Waals surface area (Å²) in [7, 11) is 0. The van der Waals surface area contributed by atoms with Crippen molar-refractivity contribution < 1.29 is 9.18 Å². The van der Waals surface area contributed by atoms with E-state index in [0.29, 0.717) is 17.3 Å². The average molecular weight is 372 g/mol. The molecule has 0 fully saturated rings. The second-order valence-electron chi connectivity index (χ2n) is 4.48. The zero-order valence-corrected chi connectivity index (χ0v) is 13.6. The van der Waals surface area contributed by atoms with Crippen molar-refractivity contribution in [1.82, 2.24) is 0 Å². The zero-order chi connectivity index (χ0) is 15.4. The SMILES string of the molecule is CC(=O)Nc1cc(NCc2ccc(Cl)c(Br)c2)ccc1F. The highest BCUT2D eigenvalue weighted by Crippen LogP contribution is 2.24. The Kier molecular flexibility index (Phi) is 5.20. The first-order valence-electron chi connectivity index (χ1n) is 6.20. The standard InChI is InChI=1S/C15H13BrClFN2O/c1-9(21)20-15-7-11(3-5-14(15)18)19-8-10-2-4-13(17)12(16)6-10/h2-7,19H,8H2,1H3,(H,20,21). The zero-order valence-electron chi connectivity index (χ0n) is 11.2. The third kappa shape index (κ3) is 4.44. The van der Waals surface area contributed by atoms with Crippen molar-refractivity contribution >= 4 is 44.8 Å². The van der Waals surface area contributed by atoms with Gasteiger partial charge in [-0.25, -0.2) is 4.39 Å². The summed E-state index contributed by atoms with van der Waals surface area (Å²) in [6.45, 7) is 1.89. The Labute approximate surface area is 135 Å². The fourth-order valence-electron chi connectivity index (χ4n) is 1.77. The molecule has 0 saturated carbocycles. The van der Waals surface area contributed by atoms with Crippen LogP contribution < -0.4 is 10.6 Å². The van der Waals surface area contributed by atoms with Crippen molar-refractivity contribution in [2.24, 2.45) is 0 Å². The number of benzene rings is 2. The van der Waals surface area contributed by atoms with Gasteiger partial charge in [0.1, 0.15) is 5.82 Å². The Hall–Kier alpha value is -1.59. The molecule has 21 heavy (non-hydrogen) atoms. The van der Waals surface area contributed by atoms with Crippen molar-refractivity contribution in [3.05, 3.63) is 57.3 Å². The van der Waals surface area contributed by atoms with Crippen LogP contribution in [0.2, 0.25) is 5.02 Å². The van der Waals surface area contributed by atoms with Crippen molar-refractivity contribution in [3.63, 3.8) is 0 Å². The molecule has 2 N–H and O–H groups in total. The number of rotatable bonds is 4. The van der Waals surface area contributed by atoms with Gasteiger partial charge in [0.05, 0.1) is 10.7 Å². The van der Waals surface area contributed by atoms with Gasteiger partial charge in [0, 0.05) is 23.6 Å². The molecule has 0 aromatic heterocycles. The summed E-state index contributed by atoms with van der Waals surface area (Å²) >= 11 is 9.30. The van der Waals surface area contributed by atoms with E-state index in [4.69, 9.17) is 11.6 Å². The van der Waals surface area contributed by atoms with E-state index in [2.05, 4.69) is 26.6 Å². The molecule has 1 amide bonds. The minimum Gasteiger partial charge on any atom is -0.381 e. The molecule has 110 valence electrons. The maximum absolute atomic E-state index is 13.5. The highest BCUT2D eigenvalue weighted by atomic mass is 79.9. The van der Waals surface area contributed by atoms with Crippen LogP contribution in [0.3, 0.4) is 0 Å². The van der Waals surface area contributed by atoms with Crippen LogP contribution in [-0.4, -0.2) is 5.91 Å². The largest absolute Gasteiger partial charge is 0.381 e. The Bertz CT molecular complexity index is 679. The summed E-state index contributed by atoms with van der Waals surface area (Å²) in [5.41, 5.74) is 1.90. The Morgan fingerprint density at radius 1 is 1.29 bits per heavy atom. The molecule has 0 spiro atoms. The maximum Gasteiger partial charge on any atom is 0.221 e. The van der Waals surface area contributed by atoms with Gasteiger partial charge in [0.2, 0.25) is 5.91 Å². The van der Waals surface area contributed by atoms with Crippen LogP contribution in [0.25, 0.3) is 0 Å². The molecular weight excluding hydrogens is 359 g/mol. The molecule has 0 aliphatic rings. The summed E-state index contributed by atoms with van der Waals surface area (Å²) in [5, 5.41) is 6.26. The first-order chi connectivity index (χ1) is 9.95. The molecule has 0 unspecified atom stereocenters. The lowest BCUT2D eigenvalue weighted by Crippen LogP contribution is -2.08. The summed E-state index contributed by atoms with van der Waals surface area (Å²) in [6.07, 6.45) is 0. The first-order valence-corrected chi connectivity index (χ1v) is 7.38. The van der Waals surface area contributed by atoms with E-state index in [9.17, 15) is 9.18 Å². The molecule has 0 radical (unpaired) electrons. The van der Waals surface area contributed by atoms with Crippen LogP contribution in [0.4, 0.5) is 15.8 Å². The Balaban J connectivity index is 2.09. The minimum atomic E-state index is -0.468. The molecule has 0 bridgehead atoms. The van der Waals surface area contributed by atoms with Gasteiger partial charge in [-0.15, -0.1) is 0 Å². The molecule has 2 aromatic carbocycles. The Morgan fingerprint density at radius 3 is 2.71 bits per heavy atom. The van der Waals surface area contributed by atoms with Gasteiger partial charge in [0.15, 0.2) is 0 Å². The van der Waals surface area contributed by atoms with E-state index in [-0.39, 0.29) is 11.6 Å². The molecule has 2 rings (SSSR count). The van der Waals surface area contributed by atoms with E-state index in [0.717, 1.165) is 10.0 Å². The smallest absolute Gasteiger partial charge is 0.221 e. The van der Waals surface area contributed by atoms with Crippen molar-refractivity contribution in [2.75, 3.05) is 10.6 Å². The molecule has 2 aromatic rings. The normalized spacial score (nSPS) is 10.3. The van der Waals surface area contributed by atoms with Crippen LogP contribution >= 0.6 is 27.5 Å². The fraction of sp³-hybridized carbons (Fsp3) is 0.133. The van der Waals surface area contributed by atoms with Crippen molar-refractivity contribution in [3.8, 4) is 0 Å². The van der Waals surface area contributed by atoms with E-state index in [1.165, 1.54) is 13.0 Å². The van der Waals surface area contributed by atoms with Crippen molar-refractivity contribution in [2.45, 2.75) is 13.5 Å². The minimum absolute atomic E-state index is 0.157. The summed E-state index contributed by atoms with van der Waals surface area (Å²) < 4.78 is 14.3. The molecular formula is C15H13BrClFN2O. The van der Waals surface area contributed by atoms with Gasteiger partial charge in [-0.2, -0.15) is 0 Å². The summed E-state index contributed by atoms with van der Waals surface area (Å²) in [6, 6.07) is 10.1. The van der Waals surface area contributed by atoms with Crippen LogP contribution in [0.1, 0.15) is 12.5 Å². The lowest BCUT2D eigenvalue weighted by atomic mass is 10.2. The lowest BCUT2D eigenvalue weighted by Gasteiger charge is -2.10. The topological polar surface area (TPSA) is 41.1 Å². The van der Waals surface area contributed by atoms with Gasteiger partial charge < -0.3 is 10.6 Å². The molecule has 0 atom stereocenters. The van der Waals surface area contributed by atoms with Gasteiger partial charge in [0.25, 0.3) is 0 Å². The van der Waals surface area contributed by atoms with E-state index in [1.807, 2.05) is 12.1 Å². The van der Waals surface area contributed by atoms with Crippen molar-refractivity contribution in [1.29, 1.82) is 0 Å². The van der Waals surface area contributed by atoms with E-state index >= 15 is 0 Å². The second kappa shape index (κ2) is 6.91. The predicted octanol–water partition coefficient (Wildman–Crippen LogP) is 4.81. The third-order valence-electron chi connectivity index (χ3n) is 2.76. The Morgan fingerprint density at radius 2 is 2.05 bits per heavy atom. The van der Waals surface area contributed by atoms with E-state index < -0.39 is 5.82 Å². The third-order valence-corrected chi connectivity index (χ3v) is 3.97. The maximum atomic E-state index is 13.5. The molecule has 0 aliphatic carbocycles. The second-order valence-corrected chi connectivity index (χ2v) is 5.74. The van der Waals surface area contributed by atoms with Crippen LogP contribution in [0.15, 0.2) is 40.9 Å². The first kappa shape index (κ1) is 15.8. The highest BCUT2D eigenvalue weighted by Gasteiger charge is 2.05. The number of nitrogens with one attached hydrogen (secondary N) is 2. The molecule has 0 aliphatic heterocycles. The number of hydrogen-bond acceptors (Lipinski definition) is 2. The fourth-order valence-corrected chi connectivity index (χ4v) is 2.32. The molecule has 3 nitrogen and oxygen atoms in total. The van der Waals surface area contributed by atoms with Crippen LogP contribution in [0, 0.1) is 5.82 Å².